The Labute approximate surface area is 189 Å². The van der Waals surface area contributed by atoms with E-state index < -0.39 is 0 Å². The molecule has 5 heteroatoms. The Morgan fingerprint density at radius 3 is 2.44 bits per heavy atom. The molecule has 0 spiro atoms. The van der Waals surface area contributed by atoms with Crippen LogP contribution in [0.15, 0.2) is 66.9 Å². The smallest absolute Gasteiger partial charge is 0.116 e. The summed E-state index contributed by atoms with van der Waals surface area (Å²) in [5.74, 6) is 0.552. The van der Waals surface area contributed by atoms with Crippen molar-refractivity contribution in [1.29, 1.82) is 0 Å². The summed E-state index contributed by atoms with van der Waals surface area (Å²) in [6.07, 6.45) is 6.42. The number of phenols is 2. The molecule has 0 amide bonds. The zero-order valence-corrected chi connectivity index (χ0v) is 18.6. The number of fused-ring (bicyclic) bond motifs is 1. The SMILES string of the molecule is Cc1c(-c2ccc(O)cc2)n(CCCCCCNCc2ccccn2)c2ccc(O)cc12. The summed E-state index contributed by atoms with van der Waals surface area (Å²) >= 11 is 0. The predicted molar refractivity (Wildman–Crippen MR) is 130 cm³/mol. The Balaban J connectivity index is 1.37. The van der Waals surface area contributed by atoms with Crippen LogP contribution < -0.4 is 5.32 Å². The molecule has 0 bridgehead atoms. The average Bonchev–Trinajstić information content (AvgIpc) is 3.08. The number of aryl methyl sites for hydroxylation is 2. The number of aromatic nitrogens is 2. The molecule has 32 heavy (non-hydrogen) atoms. The van der Waals surface area contributed by atoms with Crippen LogP contribution in [0.2, 0.25) is 0 Å². The van der Waals surface area contributed by atoms with Gasteiger partial charge in [-0.15, -0.1) is 0 Å². The normalized spacial score (nSPS) is 11.3. The Bertz CT molecular complexity index is 1150. The second-order valence-electron chi connectivity index (χ2n) is 8.29. The molecule has 5 nitrogen and oxygen atoms in total. The zero-order chi connectivity index (χ0) is 22.3. The van der Waals surface area contributed by atoms with Crippen LogP contribution in [-0.4, -0.2) is 26.3 Å². The van der Waals surface area contributed by atoms with E-state index in [1.165, 1.54) is 6.42 Å². The maximum atomic E-state index is 10.00. The third-order valence-electron chi connectivity index (χ3n) is 5.96. The van der Waals surface area contributed by atoms with Crippen LogP contribution in [0.25, 0.3) is 22.2 Å². The van der Waals surface area contributed by atoms with Crippen molar-refractivity contribution >= 4 is 10.9 Å². The minimum Gasteiger partial charge on any atom is -0.508 e. The highest BCUT2D eigenvalue weighted by Crippen LogP contribution is 2.35. The van der Waals surface area contributed by atoms with Crippen LogP contribution in [0.5, 0.6) is 11.5 Å². The number of benzene rings is 2. The zero-order valence-electron chi connectivity index (χ0n) is 18.6. The first kappa shape index (κ1) is 21.9. The van der Waals surface area contributed by atoms with E-state index in [1.54, 1.807) is 18.2 Å². The van der Waals surface area contributed by atoms with Gasteiger partial charge in [-0.25, -0.2) is 0 Å². The Morgan fingerprint density at radius 2 is 1.66 bits per heavy atom. The molecule has 0 fully saturated rings. The van der Waals surface area contributed by atoms with Gasteiger partial charge in [0.15, 0.2) is 0 Å². The quantitative estimate of drug-likeness (QED) is 0.280. The van der Waals surface area contributed by atoms with Gasteiger partial charge in [0.2, 0.25) is 0 Å². The van der Waals surface area contributed by atoms with E-state index in [9.17, 15) is 10.2 Å². The van der Waals surface area contributed by atoms with Gasteiger partial charge in [0.1, 0.15) is 11.5 Å². The van der Waals surface area contributed by atoms with Crippen LogP contribution in [-0.2, 0) is 13.1 Å². The maximum absolute atomic E-state index is 10.00. The van der Waals surface area contributed by atoms with E-state index in [1.807, 2.05) is 48.7 Å². The van der Waals surface area contributed by atoms with Gasteiger partial charge in [0.25, 0.3) is 0 Å². The van der Waals surface area contributed by atoms with Gasteiger partial charge in [0, 0.05) is 30.2 Å². The van der Waals surface area contributed by atoms with Crippen molar-refractivity contribution < 1.29 is 10.2 Å². The fourth-order valence-electron chi connectivity index (χ4n) is 4.33. The van der Waals surface area contributed by atoms with Gasteiger partial charge in [0.05, 0.1) is 11.4 Å². The topological polar surface area (TPSA) is 70.3 Å². The molecule has 4 rings (SSSR count). The van der Waals surface area contributed by atoms with Gasteiger partial charge < -0.3 is 20.1 Å². The first-order valence-electron chi connectivity index (χ1n) is 11.4. The number of hydrogen-bond donors (Lipinski definition) is 3. The minimum absolute atomic E-state index is 0.267. The summed E-state index contributed by atoms with van der Waals surface area (Å²) in [7, 11) is 0. The van der Waals surface area contributed by atoms with Crippen LogP contribution in [0.1, 0.15) is 36.9 Å². The molecule has 2 aromatic heterocycles. The maximum Gasteiger partial charge on any atom is 0.116 e. The second kappa shape index (κ2) is 10.3. The van der Waals surface area contributed by atoms with Gasteiger partial charge in [-0.3, -0.25) is 4.98 Å². The summed E-state index contributed by atoms with van der Waals surface area (Å²) < 4.78 is 2.36. The Morgan fingerprint density at radius 1 is 0.875 bits per heavy atom. The molecular formula is C27H31N3O2. The minimum atomic E-state index is 0.267. The summed E-state index contributed by atoms with van der Waals surface area (Å²) in [5, 5.41) is 24.2. The predicted octanol–water partition coefficient (Wildman–Crippen LogP) is 5.77. The second-order valence-corrected chi connectivity index (χ2v) is 8.29. The largest absolute Gasteiger partial charge is 0.508 e. The molecule has 0 aliphatic heterocycles. The third-order valence-corrected chi connectivity index (χ3v) is 5.96. The molecule has 2 aromatic carbocycles. The number of unbranched alkanes of at least 4 members (excludes halogenated alkanes) is 3. The van der Waals surface area contributed by atoms with E-state index in [2.05, 4.69) is 21.8 Å². The molecular weight excluding hydrogens is 398 g/mol. The number of nitrogens with one attached hydrogen (secondary N) is 1. The van der Waals surface area contributed by atoms with E-state index in [-0.39, 0.29) is 11.5 Å². The van der Waals surface area contributed by atoms with Crippen molar-refractivity contribution in [3.05, 3.63) is 78.1 Å². The lowest BCUT2D eigenvalue weighted by Gasteiger charge is -2.12. The van der Waals surface area contributed by atoms with Crippen LogP contribution in [0, 0.1) is 6.92 Å². The average molecular weight is 430 g/mol. The molecule has 0 aliphatic carbocycles. The number of nitrogens with zero attached hydrogens (tertiary/aromatic N) is 2. The molecule has 0 unspecified atom stereocenters. The van der Waals surface area contributed by atoms with E-state index in [0.717, 1.165) is 72.3 Å². The lowest BCUT2D eigenvalue weighted by Crippen LogP contribution is -2.15. The highest BCUT2D eigenvalue weighted by molar-refractivity contribution is 5.92. The first-order chi connectivity index (χ1) is 15.6. The van der Waals surface area contributed by atoms with E-state index in [4.69, 9.17) is 0 Å². The van der Waals surface area contributed by atoms with Crippen molar-refractivity contribution in [2.75, 3.05) is 6.54 Å². The van der Waals surface area contributed by atoms with Crippen LogP contribution in [0.3, 0.4) is 0 Å². The lowest BCUT2D eigenvalue weighted by atomic mass is 10.1. The molecule has 0 saturated carbocycles. The number of phenolic OH excluding ortho intramolecular Hbond substituents is 2. The highest BCUT2D eigenvalue weighted by atomic mass is 16.3. The van der Waals surface area contributed by atoms with Crippen molar-refractivity contribution in [2.24, 2.45) is 0 Å². The lowest BCUT2D eigenvalue weighted by molar-refractivity contribution is 0.475. The van der Waals surface area contributed by atoms with Gasteiger partial charge in [-0.05, 0) is 92.0 Å². The molecule has 0 atom stereocenters. The molecule has 0 radical (unpaired) electrons. The monoisotopic (exact) mass is 429 g/mol. The number of rotatable bonds is 10. The first-order valence-corrected chi connectivity index (χ1v) is 11.4. The van der Waals surface area contributed by atoms with Crippen molar-refractivity contribution in [2.45, 2.75) is 45.7 Å². The molecule has 0 aliphatic rings. The van der Waals surface area contributed by atoms with Crippen LogP contribution in [0.4, 0.5) is 0 Å². The van der Waals surface area contributed by atoms with E-state index >= 15 is 0 Å². The number of hydrogen-bond acceptors (Lipinski definition) is 4. The van der Waals surface area contributed by atoms with Gasteiger partial charge >= 0.3 is 0 Å². The summed E-state index contributed by atoms with van der Waals surface area (Å²) in [6, 6.07) is 19.0. The summed E-state index contributed by atoms with van der Waals surface area (Å²) in [6.45, 7) is 4.85. The molecule has 2 heterocycles. The molecule has 166 valence electrons. The van der Waals surface area contributed by atoms with Gasteiger partial charge in [-0.1, -0.05) is 18.9 Å². The number of aromatic hydroxyl groups is 2. The standard InChI is InChI=1S/C27H31N3O2/c1-20-25-18-24(32)13-14-26(25)30(27(20)21-9-11-23(31)12-10-21)17-7-3-2-5-15-28-19-22-8-4-6-16-29-22/h4,6,8-14,16,18,28,31-32H,2-3,5,7,15,17,19H2,1H3. The molecule has 3 N–H and O–H groups in total. The Kier molecular flexibility index (Phi) is 7.07. The highest BCUT2D eigenvalue weighted by Gasteiger charge is 2.16. The van der Waals surface area contributed by atoms with Crippen LogP contribution >= 0.6 is 0 Å². The van der Waals surface area contributed by atoms with Crippen molar-refractivity contribution in [1.82, 2.24) is 14.9 Å². The van der Waals surface area contributed by atoms with Gasteiger partial charge in [-0.2, -0.15) is 0 Å². The fourth-order valence-corrected chi connectivity index (χ4v) is 4.33. The summed E-state index contributed by atoms with van der Waals surface area (Å²) in [4.78, 5) is 4.34. The van der Waals surface area contributed by atoms with Crippen molar-refractivity contribution in [3.63, 3.8) is 0 Å². The summed E-state index contributed by atoms with van der Waals surface area (Å²) in [5.41, 5.74) is 5.60. The molecule has 4 aromatic rings. The third kappa shape index (κ3) is 5.11. The number of pyridine rings is 1. The Hall–Kier alpha value is -3.31. The molecule has 0 saturated heterocycles. The van der Waals surface area contributed by atoms with Crippen molar-refractivity contribution in [3.8, 4) is 22.8 Å². The van der Waals surface area contributed by atoms with E-state index in [0.29, 0.717) is 0 Å². The fraction of sp³-hybridized carbons (Fsp3) is 0.296.